The summed E-state index contributed by atoms with van der Waals surface area (Å²) in [5, 5.41) is 10.5. The number of likely N-dealkylation sites (tertiary alicyclic amines) is 1. The first-order chi connectivity index (χ1) is 21.5. The number of hydrogen-bond donors (Lipinski definition) is 1. The summed E-state index contributed by atoms with van der Waals surface area (Å²) in [6.07, 6.45) is 4.28. The normalized spacial score (nSPS) is 28.9. The molecule has 3 unspecified atom stereocenters. The van der Waals surface area contributed by atoms with E-state index < -0.39 is 35.1 Å². The number of rotatable bonds is 12. The Hall–Kier alpha value is -3.75. The van der Waals surface area contributed by atoms with Gasteiger partial charge in [-0.05, 0) is 56.2 Å². The third kappa shape index (κ3) is 5.12. The molecule has 0 saturated carbocycles. The number of carbonyl (C=O) groups excluding carboxylic acids is 3. The molecule has 0 aliphatic carbocycles. The third-order valence-corrected chi connectivity index (χ3v) is 10.5. The second-order valence-electron chi connectivity index (χ2n) is 13.2. The number of carbonyl (C=O) groups is 3. The first kappa shape index (κ1) is 32.6. The van der Waals surface area contributed by atoms with Crippen LogP contribution in [-0.4, -0.2) is 75.6 Å². The lowest BCUT2D eigenvalue weighted by molar-refractivity contribution is -0.154. The Morgan fingerprint density at radius 2 is 1.71 bits per heavy atom. The molecule has 240 valence electrons. The number of fused-ring (bicyclic) bond motifs is 1. The van der Waals surface area contributed by atoms with Gasteiger partial charge in [-0.3, -0.25) is 14.4 Å². The van der Waals surface area contributed by atoms with Crippen molar-refractivity contribution in [2.24, 2.45) is 17.8 Å². The van der Waals surface area contributed by atoms with E-state index in [0.29, 0.717) is 25.9 Å². The van der Waals surface area contributed by atoms with Crippen LogP contribution in [0.1, 0.15) is 50.3 Å². The molecule has 3 fully saturated rings. The van der Waals surface area contributed by atoms with Crippen molar-refractivity contribution in [3.63, 3.8) is 0 Å². The van der Waals surface area contributed by atoms with E-state index in [1.54, 1.807) is 26.9 Å². The van der Waals surface area contributed by atoms with Gasteiger partial charge in [0.05, 0.1) is 30.1 Å². The smallest absolute Gasteiger partial charge is 0.253 e. The Morgan fingerprint density at radius 1 is 1.07 bits per heavy atom. The van der Waals surface area contributed by atoms with Gasteiger partial charge in [-0.15, -0.1) is 13.2 Å². The minimum Gasteiger partial charge on any atom is -0.394 e. The summed E-state index contributed by atoms with van der Waals surface area (Å²) < 4.78 is 7.00. The first-order valence-electron chi connectivity index (χ1n) is 16.1. The van der Waals surface area contributed by atoms with E-state index >= 15 is 4.79 Å². The second kappa shape index (κ2) is 12.6. The fourth-order valence-electron chi connectivity index (χ4n) is 8.33. The summed E-state index contributed by atoms with van der Waals surface area (Å²) in [7, 11) is 0. The van der Waals surface area contributed by atoms with Crippen LogP contribution in [0.2, 0.25) is 0 Å². The Morgan fingerprint density at radius 3 is 2.29 bits per heavy atom. The summed E-state index contributed by atoms with van der Waals surface area (Å²) in [6, 6.07) is 14.0. The number of aliphatic hydroxyl groups is 1. The largest absolute Gasteiger partial charge is 0.394 e. The predicted octanol–water partition coefficient (Wildman–Crippen LogP) is 4.82. The van der Waals surface area contributed by atoms with Gasteiger partial charge in [0.1, 0.15) is 11.6 Å². The highest BCUT2D eigenvalue weighted by Gasteiger charge is 2.80. The molecule has 1 N–H and O–H groups in total. The Labute approximate surface area is 267 Å². The predicted molar refractivity (Wildman–Crippen MR) is 175 cm³/mol. The molecule has 0 radical (unpaired) electrons. The van der Waals surface area contributed by atoms with Crippen molar-refractivity contribution in [3.05, 3.63) is 90.5 Å². The molecule has 3 heterocycles. The summed E-state index contributed by atoms with van der Waals surface area (Å²) >= 11 is 0. The zero-order valence-corrected chi connectivity index (χ0v) is 27.2. The Kier molecular flexibility index (Phi) is 9.11. The SMILES string of the molecule is C=CCN(Cc1ccccc1)C(=O)[C@H]1[C@H]2C(=O)N([C@@H](CC)CO)C(C(=O)N(CC=C)c3c(C)cccc3C)C23CC(C)[C@]1(C)O3. The number of nitrogens with zero attached hydrogens (tertiary/aromatic N) is 3. The maximum atomic E-state index is 15.0. The molecule has 3 aliphatic rings. The van der Waals surface area contributed by atoms with Crippen LogP contribution in [0.15, 0.2) is 73.8 Å². The number of ether oxygens (including phenoxy) is 1. The number of amides is 3. The molecule has 3 amide bonds. The summed E-state index contributed by atoms with van der Waals surface area (Å²) in [6.45, 7) is 18.2. The van der Waals surface area contributed by atoms with E-state index in [1.165, 1.54) is 0 Å². The molecule has 45 heavy (non-hydrogen) atoms. The minimum absolute atomic E-state index is 0.102. The van der Waals surface area contributed by atoms with Crippen LogP contribution in [0, 0.1) is 31.6 Å². The zero-order chi connectivity index (χ0) is 32.7. The lowest BCUT2D eigenvalue weighted by Crippen LogP contribution is -2.59. The maximum Gasteiger partial charge on any atom is 0.253 e. The van der Waals surface area contributed by atoms with Gasteiger partial charge in [-0.2, -0.15) is 0 Å². The van der Waals surface area contributed by atoms with Gasteiger partial charge in [-0.1, -0.05) is 74.5 Å². The number of aliphatic hydroxyl groups excluding tert-OH is 1. The Balaban J connectivity index is 1.64. The van der Waals surface area contributed by atoms with Crippen LogP contribution < -0.4 is 4.90 Å². The molecule has 8 nitrogen and oxygen atoms in total. The average molecular weight is 614 g/mol. The van der Waals surface area contributed by atoms with Crippen molar-refractivity contribution >= 4 is 23.4 Å². The molecule has 2 aromatic rings. The van der Waals surface area contributed by atoms with Gasteiger partial charge in [0.15, 0.2) is 0 Å². The second-order valence-corrected chi connectivity index (χ2v) is 13.2. The van der Waals surface area contributed by atoms with Gasteiger partial charge in [-0.25, -0.2) is 0 Å². The number of anilines is 1. The molecule has 8 heteroatoms. The molecular formula is C37H47N3O5. The lowest BCUT2D eigenvalue weighted by Gasteiger charge is -2.40. The van der Waals surface area contributed by atoms with Crippen LogP contribution >= 0.6 is 0 Å². The van der Waals surface area contributed by atoms with Crippen molar-refractivity contribution in [1.82, 2.24) is 9.80 Å². The van der Waals surface area contributed by atoms with Gasteiger partial charge < -0.3 is 24.5 Å². The molecular weight excluding hydrogens is 566 g/mol. The average Bonchev–Trinajstić information content (AvgIpc) is 3.53. The van der Waals surface area contributed by atoms with Crippen molar-refractivity contribution in [2.45, 2.75) is 77.3 Å². The van der Waals surface area contributed by atoms with Crippen LogP contribution in [0.5, 0.6) is 0 Å². The highest BCUT2D eigenvalue weighted by atomic mass is 16.5. The van der Waals surface area contributed by atoms with Crippen LogP contribution in [-0.2, 0) is 25.7 Å². The molecule has 3 saturated heterocycles. The summed E-state index contributed by atoms with van der Waals surface area (Å²) in [4.78, 5) is 49.5. The minimum atomic E-state index is -1.23. The number of hydrogen-bond acceptors (Lipinski definition) is 5. The van der Waals surface area contributed by atoms with E-state index in [1.807, 2.05) is 83.1 Å². The molecule has 2 bridgehead atoms. The zero-order valence-electron chi connectivity index (χ0n) is 27.2. The van der Waals surface area contributed by atoms with Crippen molar-refractivity contribution in [3.8, 4) is 0 Å². The van der Waals surface area contributed by atoms with Gasteiger partial charge in [0, 0.05) is 25.3 Å². The molecule has 5 rings (SSSR count). The highest BCUT2D eigenvalue weighted by Crippen LogP contribution is 2.66. The van der Waals surface area contributed by atoms with E-state index in [2.05, 4.69) is 13.2 Å². The highest BCUT2D eigenvalue weighted by molar-refractivity contribution is 6.06. The standard InChI is InChI=1S/C37H47N3O5/c1-8-19-38(22-27-17-12-11-13-18-27)33(42)29-30-34(43)40(28(10-3)23-41)32(37(30)21-26(6)36(29,7)45-37)35(44)39(20-9-2)31-24(4)15-14-16-25(31)5/h8-9,11-18,26,28-30,32,41H,1-2,10,19-23H2,3-7H3/t26?,28-,29+,30-,32?,36-,37?/m0/s1. The molecule has 2 aromatic carbocycles. The topological polar surface area (TPSA) is 90.4 Å². The quantitative estimate of drug-likeness (QED) is 0.347. The molecule has 7 atom stereocenters. The summed E-state index contributed by atoms with van der Waals surface area (Å²) in [5.74, 6) is -2.55. The Bertz CT molecular complexity index is 1450. The van der Waals surface area contributed by atoms with Gasteiger partial charge >= 0.3 is 0 Å². The lowest BCUT2D eigenvalue weighted by atomic mass is 9.62. The monoisotopic (exact) mass is 613 g/mol. The van der Waals surface area contributed by atoms with E-state index in [9.17, 15) is 14.7 Å². The van der Waals surface area contributed by atoms with Crippen molar-refractivity contribution in [1.29, 1.82) is 0 Å². The van der Waals surface area contributed by atoms with Crippen LogP contribution in [0.4, 0.5) is 5.69 Å². The fourth-order valence-corrected chi connectivity index (χ4v) is 8.33. The van der Waals surface area contributed by atoms with Crippen molar-refractivity contribution < 1.29 is 24.2 Å². The maximum absolute atomic E-state index is 15.0. The summed E-state index contributed by atoms with van der Waals surface area (Å²) in [5.41, 5.74) is 1.41. The van der Waals surface area contributed by atoms with E-state index in [4.69, 9.17) is 4.74 Å². The fraction of sp³-hybridized carbons (Fsp3) is 0.486. The van der Waals surface area contributed by atoms with E-state index in [-0.39, 0.29) is 36.8 Å². The van der Waals surface area contributed by atoms with Crippen LogP contribution in [0.3, 0.4) is 0 Å². The molecule has 0 aromatic heterocycles. The van der Waals surface area contributed by atoms with Crippen molar-refractivity contribution in [2.75, 3.05) is 24.6 Å². The van der Waals surface area contributed by atoms with Gasteiger partial charge in [0.2, 0.25) is 11.8 Å². The number of para-hydroxylation sites is 1. The molecule has 3 aliphatic heterocycles. The first-order valence-corrected chi connectivity index (χ1v) is 16.1. The van der Waals surface area contributed by atoms with E-state index in [0.717, 1.165) is 22.4 Å². The molecule has 1 spiro atoms. The number of aryl methyl sites for hydroxylation is 2. The van der Waals surface area contributed by atoms with Gasteiger partial charge in [0.25, 0.3) is 5.91 Å². The number of benzene rings is 2. The third-order valence-electron chi connectivity index (χ3n) is 10.5. The van der Waals surface area contributed by atoms with Crippen LogP contribution in [0.25, 0.3) is 0 Å².